The van der Waals surface area contributed by atoms with Crippen LogP contribution < -0.4 is 5.32 Å². The second kappa shape index (κ2) is 8.71. The van der Waals surface area contributed by atoms with Crippen molar-refractivity contribution in [3.05, 3.63) is 57.4 Å². The van der Waals surface area contributed by atoms with Crippen LogP contribution in [-0.2, 0) is 14.3 Å². The van der Waals surface area contributed by atoms with Crippen LogP contribution in [-0.4, -0.2) is 36.0 Å². The number of thiophene rings is 1. The second-order valence-corrected chi connectivity index (χ2v) is 8.15. The largest absolute Gasteiger partial charge is 0.379 e. The summed E-state index contributed by atoms with van der Waals surface area (Å²) in [6.07, 6.45) is 0.746. The molecular weight excluding hydrogens is 372 g/mol. The first-order valence-electron chi connectivity index (χ1n) is 9.48. The number of nitrogens with zero attached hydrogens (tertiary/aromatic N) is 1. The van der Waals surface area contributed by atoms with Crippen LogP contribution in [0, 0.1) is 13.8 Å². The van der Waals surface area contributed by atoms with E-state index in [9.17, 15) is 9.59 Å². The Bertz CT molecular complexity index is 901. The van der Waals surface area contributed by atoms with Crippen molar-refractivity contribution in [3.8, 4) is 0 Å². The van der Waals surface area contributed by atoms with Gasteiger partial charge in [-0.3, -0.25) is 14.5 Å². The Hall–Kier alpha value is -2.44. The number of carbonyl (C=O) groups is 2. The van der Waals surface area contributed by atoms with Crippen LogP contribution in [0.3, 0.4) is 0 Å². The molecule has 1 N–H and O–H groups in total. The maximum absolute atomic E-state index is 13.1. The van der Waals surface area contributed by atoms with E-state index in [1.54, 1.807) is 0 Å². The van der Waals surface area contributed by atoms with Gasteiger partial charge in [-0.1, -0.05) is 23.8 Å². The molecule has 28 heavy (non-hydrogen) atoms. The van der Waals surface area contributed by atoms with E-state index in [-0.39, 0.29) is 17.9 Å². The summed E-state index contributed by atoms with van der Waals surface area (Å²) in [5.74, 6) is -0.526. The van der Waals surface area contributed by atoms with Gasteiger partial charge in [-0.25, -0.2) is 0 Å². The number of hydrogen-bond donors (Lipinski definition) is 1. The first kappa shape index (κ1) is 20.3. The number of anilines is 1. The molecule has 2 heterocycles. The smallest absolute Gasteiger partial charge is 0.278 e. The van der Waals surface area contributed by atoms with Crippen LogP contribution in [0.15, 0.2) is 41.4 Å². The van der Waals surface area contributed by atoms with Crippen LogP contribution in [0.1, 0.15) is 36.3 Å². The molecule has 5 nitrogen and oxygen atoms in total. The Morgan fingerprint density at radius 3 is 2.57 bits per heavy atom. The van der Waals surface area contributed by atoms with E-state index in [2.05, 4.69) is 11.4 Å². The third kappa shape index (κ3) is 4.34. The molecule has 2 amide bonds. The van der Waals surface area contributed by atoms with Crippen LogP contribution >= 0.6 is 11.3 Å². The van der Waals surface area contributed by atoms with E-state index in [4.69, 9.17) is 4.74 Å². The van der Waals surface area contributed by atoms with Gasteiger partial charge in [0.15, 0.2) is 0 Å². The molecule has 1 aromatic heterocycles. The average molecular weight is 399 g/mol. The molecular formula is C22H26N2O3S. The molecule has 0 saturated heterocycles. The highest BCUT2D eigenvalue weighted by molar-refractivity contribution is 7.11. The molecule has 1 aromatic carbocycles. The van der Waals surface area contributed by atoms with Crippen molar-refractivity contribution in [1.82, 2.24) is 4.90 Å². The van der Waals surface area contributed by atoms with Crippen LogP contribution in [0.5, 0.6) is 0 Å². The number of carbonyl (C=O) groups excluding carboxylic acids is 2. The first-order valence-corrected chi connectivity index (χ1v) is 10.4. The summed E-state index contributed by atoms with van der Waals surface area (Å²) in [6.45, 7) is 8.81. The van der Waals surface area contributed by atoms with Gasteiger partial charge in [0, 0.05) is 23.7 Å². The van der Waals surface area contributed by atoms with E-state index in [1.165, 1.54) is 16.2 Å². The molecule has 1 aliphatic rings. The van der Waals surface area contributed by atoms with Gasteiger partial charge in [-0.05, 0) is 57.2 Å². The van der Waals surface area contributed by atoms with E-state index < -0.39 is 0 Å². The van der Waals surface area contributed by atoms with Gasteiger partial charge in [0.1, 0.15) is 5.70 Å². The predicted octanol–water partition coefficient (Wildman–Crippen LogP) is 4.37. The number of nitrogens with one attached hydrogen (secondary N) is 1. The SMILES string of the molecule is Cc1ccc(NC2=C(c3cccs3)C(=O)N(CCCOC(C)C)C2=O)c(C)c1. The molecule has 0 saturated carbocycles. The van der Waals surface area contributed by atoms with Crippen molar-refractivity contribution >= 4 is 34.4 Å². The van der Waals surface area contributed by atoms with Gasteiger partial charge in [-0.15, -0.1) is 11.3 Å². The van der Waals surface area contributed by atoms with E-state index >= 15 is 0 Å². The zero-order valence-electron chi connectivity index (χ0n) is 16.7. The molecule has 0 aliphatic carbocycles. The number of imide groups is 1. The van der Waals surface area contributed by atoms with Crippen molar-refractivity contribution in [1.29, 1.82) is 0 Å². The van der Waals surface area contributed by atoms with E-state index in [0.29, 0.717) is 30.8 Å². The molecule has 2 aromatic rings. The summed E-state index contributed by atoms with van der Waals surface area (Å²) in [5.41, 5.74) is 3.81. The first-order chi connectivity index (χ1) is 13.4. The van der Waals surface area contributed by atoms with E-state index in [1.807, 2.05) is 57.3 Å². The zero-order valence-corrected chi connectivity index (χ0v) is 17.6. The third-order valence-electron chi connectivity index (χ3n) is 4.55. The fourth-order valence-corrected chi connectivity index (χ4v) is 3.94. The molecule has 6 heteroatoms. The molecule has 0 atom stereocenters. The Labute approximate surface area is 170 Å². The lowest BCUT2D eigenvalue weighted by atomic mass is 10.1. The zero-order chi connectivity index (χ0) is 20.3. The summed E-state index contributed by atoms with van der Waals surface area (Å²) in [5, 5.41) is 5.15. The molecule has 0 radical (unpaired) electrons. The van der Waals surface area contributed by atoms with Gasteiger partial charge in [0.2, 0.25) is 0 Å². The lowest BCUT2D eigenvalue weighted by molar-refractivity contribution is -0.137. The van der Waals surface area contributed by atoms with Crippen molar-refractivity contribution in [2.24, 2.45) is 0 Å². The standard InChI is InChI=1S/C22H26N2O3S/c1-14(2)27-11-6-10-24-21(25)19(18-7-5-12-28-18)20(22(24)26)23-17-9-8-15(3)13-16(17)4/h5,7-9,12-14,23H,6,10-11H2,1-4H3. The van der Waals surface area contributed by atoms with E-state index in [0.717, 1.165) is 21.7 Å². The summed E-state index contributed by atoms with van der Waals surface area (Å²) in [4.78, 5) is 28.3. The van der Waals surface area contributed by atoms with Gasteiger partial charge in [0.05, 0.1) is 11.7 Å². The fourth-order valence-electron chi connectivity index (χ4n) is 3.17. The minimum atomic E-state index is -0.280. The average Bonchev–Trinajstić information content (AvgIpc) is 3.23. The van der Waals surface area contributed by atoms with Gasteiger partial charge < -0.3 is 10.1 Å². The highest BCUT2D eigenvalue weighted by Crippen LogP contribution is 2.33. The fraction of sp³-hybridized carbons (Fsp3) is 0.364. The predicted molar refractivity (Wildman–Crippen MR) is 113 cm³/mol. The molecule has 0 bridgehead atoms. The molecule has 0 spiro atoms. The highest BCUT2D eigenvalue weighted by Gasteiger charge is 2.39. The summed E-state index contributed by atoms with van der Waals surface area (Å²) < 4.78 is 5.54. The highest BCUT2D eigenvalue weighted by atomic mass is 32.1. The number of amides is 2. The minimum absolute atomic E-state index is 0.131. The maximum atomic E-state index is 13.1. The quantitative estimate of drug-likeness (QED) is 0.530. The molecule has 3 rings (SSSR count). The third-order valence-corrected chi connectivity index (χ3v) is 5.44. The second-order valence-electron chi connectivity index (χ2n) is 7.21. The Balaban J connectivity index is 1.87. The Morgan fingerprint density at radius 1 is 1.14 bits per heavy atom. The summed E-state index contributed by atoms with van der Waals surface area (Å²) >= 11 is 1.46. The molecule has 0 fully saturated rings. The minimum Gasteiger partial charge on any atom is -0.379 e. The maximum Gasteiger partial charge on any atom is 0.278 e. The Morgan fingerprint density at radius 2 is 1.93 bits per heavy atom. The molecule has 0 unspecified atom stereocenters. The van der Waals surface area contributed by atoms with Crippen LogP contribution in [0.4, 0.5) is 5.69 Å². The topological polar surface area (TPSA) is 58.6 Å². The number of benzene rings is 1. The van der Waals surface area contributed by atoms with Gasteiger partial charge >= 0.3 is 0 Å². The number of ether oxygens (including phenoxy) is 1. The number of rotatable bonds is 8. The van der Waals surface area contributed by atoms with Crippen molar-refractivity contribution in [3.63, 3.8) is 0 Å². The lowest BCUT2D eigenvalue weighted by Crippen LogP contribution is -2.34. The number of aryl methyl sites for hydroxylation is 2. The van der Waals surface area contributed by atoms with Crippen molar-refractivity contribution in [2.75, 3.05) is 18.5 Å². The van der Waals surface area contributed by atoms with Crippen LogP contribution in [0.2, 0.25) is 0 Å². The van der Waals surface area contributed by atoms with Crippen molar-refractivity contribution < 1.29 is 14.3 Å². The molecule has 148 valence electrons. The molecule has 1 aliphatic heterocycles. The summed E-state index contributed by atoms with van der Waals surface area (Å²) in [7, 11) is 0. The van der Waals surface area contributed by atoms with Crippen LogP contribution in [0.25, 0.3) is 5.57 Å². The lowest BCUT2D eigenvalue weighted by Gasteiger charge is -2.16. The Kier molecular flexibility index (Phi) is 6.31. The number of hydrogen-bond acceptors (Lipinski definition) is 5. The van der Waals surface area contributed by atoms with Crippen molar-refractivity contribution in [2.45, 2.75) is 40.2 Å². The van der Waals surface area contributed by atoms with Gasteiger partial charge in [0.25, 0.3) is 11.8 Å². The normalized spacial score (nSPS) is 14.5. The van der Waals surface area contributed by atoms with Gasteiger partial charge in [-0.2, -0.15) is 0 Å². The monoisotopic (exact) mass is 398 g/mol. The summed E-state index contributed by atoms with van der Waals surface area (Å²) in [6, 6.07) is 9.75.